The quantitative estimate of drug-likeness (QED) is 0.187. The third-order valence-electron chi connectivity index (χ3n) is 6.72. The van der Waals surface area contributed by atoms with Crippen LogP contribution in [0, 0.1) is 5.92 Å². The second-order valence-corrected chi connectivity index (χ2v) is 10.1. The molecule has 0 aromatic heterocycles. The predicted molar refractivity (Wildman–Crippen MR) is 140 cm³/mol. The number of unbranched alkanes of at least 4 members (excludes halogenated alkanes) is 1. The van der Waals surface area contributed by atoms with E-state index in [9.17, 15) is 19.2 Å². The van der Waals surface area contributed by atoms with Crippen LogP contribution >= 0.6 is 0 Å². The van der Waals surface area contributed by atoms with Gasteiger partial charge in [-0.2, -0.15) is 0 Å². The maximum Gasteiger partial charge on any atom is 0.303 e. The Bertz CT molecular complexity index is 988. The summed E-state index contributed by atoms with van der Waals surface area (Å²) in [6.07, 6.45) is 0.240. The molecule has 11 nitrogen and oxygen atoms in total. The van der Waals surface area contributed by atoms with E-state index in [0.717, 1.165) is 25.2 Å². The van der Waals surface area contributed by atoms with Gasteiger partial charge in [0, 0.05) is 34.3 Å². The molecule has 0 amide bonds. The van der Waals surface area contributed by atoms with Crippen molar-refractivity contribution in [2.24, 2.45) is 5.92 Å². The minimum Gasteiger partial charge on any atom is -0.493 e. The molecule has 1 aliphatic heterocycles. The highest BCUT2D eigenvalue weighted by atomic mass is 16.7. The zero-order valence-electron chi connectivity index (χ0n) is 23.6. The maximum atomic E-state index is 11.9. The van der Waals surface area contributed by atoms with E-state index in [0.29, 0.717) is 12.3 Å². The maximum absolute atomic E-state index is 11.9. The molecule has 11 heteroatoms. The van der Waals surface area contributed by atoms with Crippen LogP contribution in [0.1, 0.15) is 65.4 Å². The molecule has 0 spiro atoms. The number of benzene rings is 1. The second-order valence-electron chi connectivity index (χ2n) is 10.1. The van der Waals surface area contributed by atoms with Crippen LogP contribution in [0.25, 0.3) is 0 Å². The fraction of sp³-hybridized carbons (Fsp3) is 0.655. The number of hydrogen-bond donors (Lipinski definition) is 0. The highest BCUT2D eigenvalue weighted by Gasteiger charge is 2.52. The zero-order chi connectivity index (χ0) is 29.1. The summed E-state index contributed by atoms with van der Waals surface area (Å²) < 4.78 is 39.0. The van der Waals surface area contributed by atoms with E-state index in [-0.39, 0.29) is 13.2 Å². The number of hydrogen-bond acceptors (Lipinski definition) is 11. The summed E-state index contributed by atoms with van der Waals surface area (Å²) in [6, 6.07) is 8.08. The highest BCUT2D eigenvalue weighted by molar-refractivity contribution is 5.68. The van der Waals surface area contributed by atoms with Gasteiger partial charge in [0.05, 0.1) is 6.61 Å². The average molecular weight is 565 g/mol. The Labute approximate surface area is 234 Å². The summed E-state index contributed by atoms with van der Waals surface area (Å²) in [5, 5.41) is 0. The normalized spacial score (nSPS) is 24.4. The Balaban J connectivity index is 1.58. The van der Waals surface area contributed by atoms with E-state index >= 15 is 0 Å². The number of ether oxygens (including phenoxy) is 7. The summed E-state index contributed by atoms with van der Waals surface area (Å²) in [5.74, 6) is -1.06. The van der Waals surface area contributed by atoms with Crippen molar-refractivity contribution in [2.45, 2.75) is 96.9 Å². The molecule has 222 valence electrons. The number of carbonyl (C=O) groups excluding carboxylic acids is 4. The molecule has 1 saturated heterocycles. The minimum absolute atomic E-state index is 0.246. The molecule has 1 heterocycles. The number of aryl methyl sites for hydroxylation is 1. The first-order chi connectivity index (χ1) is 19.1. The Kier molecular flexibility index (Phi) is 12.2. The summed E-state index contributed by atoms with van der Waals surface area (Å²) in [4.78, 5) is 47.1. The van der Waals surface area contributed by atoms with Crippen molar-refractivity contribution < 1.29 is 52.3 Å². The third-order valence-corrected chi connectivity index (χ3v) is 6.72. The van der Waals surface area contributed by atoms with Crippen molar-refractivity contribution in [3.63, 3.8) is 0 Å². The van der Waals surface area contributed by atoms with Crippen molar-refractivity contribution in [1.82, 2.24) is 0 Å². The van der Waals surface area contributed by atoms with E-state index in [1.54, 1.807) is 0 Å². The van der Waals surface area contributed by atoms with Gasteiger partial charge in [0.1, 0.15) is 18.5 Å². The van der Waals surface area contributed by atoms with Crippen LogP contribution in [0.15, 0.2) is 24.3 Å². The number of rotatable bonds is 14. The van der Waals surface area contributed by atoms with Gasteiger partial charge >= 0.3 is 23.9 Å². The van der Waals surface area contributed by atoms with Gasteiger partial charge in [-0.25, -0.2) is 0 Å². The van der Waals surface area contributed by atoms with Crippen molar-refractivity contribution in [3.05, 3.63) is 29.8 Å². The molecule has 0 unspecified atom stereocenters. The smallest absolute Gasteiger partial charge is 0.303 e. The van der Waals surface area contributed by atoms with Gasteiger partial charge in [0.25, 0.3) is 0 Å². The predicted octanol–water partition coefficient (Wildman–Crippen LogP) is 3.29. The van der Waals surface area contributed by atoms with Crippen LogP contribution in [-0.4, -0.2) is 74.4 Å². The second kappa shape index (κ2) is 15.6. The van der Waals surface area contributed by atoms with E-state index < -0.39 is 54.6 Å². The van der Waals surface area contributed by atoms with Crippen LogP contribution < -0.4 is 4.74 Å². The first kappa shape index (κ1) is 31.3. The van der Waals surface area contributed by atoms with Crippen LogP contribution in [0.5, 0.6) is 5.75 Å². The molecule has 2 fully saturated rings. The third kappa shape index (κ3) is 10.1. The van der Waals surface area contributed by atoms with Gasteiger partial charge in [0.2, 0.25) is 0 Å². The lowest BCUT2D eigenvalue weighted by atomic mass is 9.86. The van der Waals surface area contributed by atoms with E-state index in [2.05, 4.69) is 12.1 Å². The Morgan fingerprint density at radius 3 is 1.98 bits per heavy atom. The monoisotopic (exact) mass is 564 g/mol. The van der Waals surface area contributed by atoms with Gasteiger partial charge in [0.15, 0.2) is 24.6 Å². The molecule has 1 saturated carbocycles. The molecule has 3 rings (SSSR count). The molecular formula is C29H40O11. The lowest BCUT2D eigenvalue weighted by Gasteiger charge is -2.44. The van der Waals surface area contributed by atoms with Gasteiger partial charge < -0.3 is 33.2 Å². The van der Waals surface area contributed by atoms with Gasteiger partial charge in [-0.15, -0.1) is 0 Å². The van der Waals surface area contributed by atoms with E-state index in [4.69, 9.17) is 33.2 Å². The standard InChI is InChI=1S/C29H40O11/c1-18(30)35-17-25-26(37-19(2)31)27(38-20(3)32)28(39-21(4)33)29(40-25)34-15-6-5-8-22-11-13-24(14-12-22)36-16-23-9-7-10-23/h11-14,23,25-29H,5-10,15-17H2,1-4H3/t25-,26-,27+,28-,29-/m1/s1. The largest absolute Gasteiger partial charge is 0.493 e. The number of carbonyl (C=O) groups is 4. The van der Waals surface area contributed by atoms with Crippen LogP contribution in [0.3, 0.4) is 0 Å². The van der Waals surface area contributed by atoms with Gasteiger partial charge in [-0.3, -0.25) is 19.2 Å². The van der Waals surface area contributed by atoms with Crippen LogP contribution in [0.2, 0.25) is 0 Å². The van der Waals surface area contributed by atoms with E-state index in [1.165, 1.54) is 52.5 Å². The lowest BCUT2D eigenvalue weighted by molar-refractivity contribution is -0.308. The molecular weight excluding hydrogens is 524 g/mol. The average Bonchev–Trinajstić information content (AvgIpc) is 2.85. The van der Waals surface area contributed by atoms with Crippen LogP contribution in [-0.2, 0) is 54.0 Å². The minimum atomic E-state index is -1.24. The van der Waals surface area contributed by atoms with Crippen molar-refractivity contribution in [3.8, 4) is 5.75 Å². The van der Waals surface area contributed by atoms with Crippen molar-refractivity contribution in [1.29, 1.82) is 0 Å². The van der Waals surface area contributed by atoms with Crippen molar-refractivity contribution >= 4 is 23.9 Å². The van der Waals surface area contributed by atoms with Crippen molar-refractivity contribution in [2.75, 3.05) is 19.8 Å². The molecule has 1 aromatic carbocycles. The zero-order valence-corrected chi connectivity index (χ0v) is 23.6. The molecule has 2 aliphatic rings. The molecule has 0 N–H and O–H groups in total. The fourth-order valence-electron chi connectivity index (χ4n) is 4.58. The first-order valence-electron chi connectivity index (χ1n) is 13.8. The topological polar surface area (TPSA) is 133 Å². The summed E-state index contributed by atoms with van der Waals surface area (Å²) in [5.41, 5.74) is 1.17. The van der Waals surface area contributed by atoms with Gasteiger partial charge in [-0.1, -0.05) is 18.6 Å². The number of esters is 4. The summed E-state index contributed by atoms with van der Waals surface area (Å²) in [6.45, 7) is 5.49. The van der Waals surface area contributed by atoms with Gasteiger partial charge in [-0.05, 0) is 55.7 Å². The molecule has 1 aliphatic carbocycles. The Morgan fingerprint density at radius 2 is 1.40 bits per heavy atom. The molecule has 5 atom stereocenters. The summed E-state index contributed by atoms with van der Waals surface area (Å²) >= 11 is 0. The molecule has 0 bridgehead atoms. The lowest BCUT2D eigenvalue weighted by Crippen LogP contribution is -2.63. The molecule has 0 radical (unpaired) electrons. The Morgan fingerprint density at radius 1 is 0.775 bits per heavy atom. The summed E-state index contributed by atoms with van der Waals surface area (Å²) in [7, 11) is 0. The van der Waals surface area contributed by atoms with E-state index in [1.807, 2.05) is 12.1 Å². The highest BCUT2D eigenvalue weighted by Crippen LogP contribution is 2.30. The molecule has 40 heavy (non-hydrogen) atoms. The fourth-order valence-corrected chi connectivity index (χ4v) is 4.58. The SMILES string of the molecule is CC(=O)OC[C@H]1O[C@@H](OCCCCc2ccc(OCC3CCC3)cc2)[C@H](OC(C)=O)[C@@H](OC(C)=O)[C@@H]1OC(C)=O. The Hall–Kier alpha value is -3.18. The first-order valence-corrected chi connectivity index (χ1v) is 13.8. The van der Waals surface area contributed by atoms with Crippen LogP contribution in [0.4, 0.5) is 0 Å². The molecule has 1 aromatic rings.